The van der Waals surface area contributed by atoms with E-state index < -0.39 is 0 Å². The lowest BCUT2D eigenvalue weighted by Gasteiger charge is -2.15. The van der Waals surface area contributed by atoms with Crippen molar-refractivity contribution < 1.29 is 0 Å². The van der Waals surface area contributed by atoms with Crippen LogP contribution in [-0.2, 0) is 0 Å². The zero-order chi connectivity index (χ0) is 34.4. The molecule has 10 aromatic rings. The third kappa shape index (κ3) is 5.09. The molecule has 0 aliphatic rings. The predicted molar refractivity (Wildman–Crippen MR) is 215 cm³/mol. The van der Waals surface area contributed by atoms with Crippen LogP contribution in [0.25, 0.3) is 99.5 Å². The SMILES string of the molecule is c1ccc(-c2c3ccccc3nc3c2ccc2ccc(-c4ccc(-c5cc(-c6ccccn6)cc(-c6ccccn6)c5)c5ccccc45)nc23)cc1. The van der Waals surface area contributed by atoms with Gasteiger partial charge in [0, 0.05) is 50.8 Å². The van der Waals surface area contributed by atoms with E-state index in [2.05, 4.69) is 156 Å². The molecule has 4 heterocycles. The molecule has 0 aliphatic heterocycles. The number of fused-ring (bicyclic) bond motifs is 5. The van der Waals surface area contributed by atoms with E-state index in [0.717, 1.165) is 88.4 Å². The molecule has 0 atom stereocenters. The van der Waals surface area contributed by atoms with Gasteiger partial charge in [-0.2, -0.15) is 0 Å². The number of nitrogens with zero attached hydrogens (tertiary/aromatic N) is 4. The van der Waals surface area contributed by atoms with Crippen LogP contribution in [0.15, 0.2) is 182 Å². The van der Waals surface area contributed by atoms with Crippen LogP contribution in [0.5, 0.6) is 0 Å². The van der Waals surface area contributed by atoms with E-state index in [9.17, 15) is 0 Å². The van der Waals surface area contributed by atoms with Crippen LogP contribution in [-0.4, -0.2) is 19.9 Å². The third-order valence-corrected chi connectivity index (χ3v) is 9.94. The number of aromatic nitrogens is 4. The second-order valence-electron chi connectivity index (χ2n) is 13.0. The molecule has 0 aliphatic carbocycles. The predicted octanol–water partition coefficient (Wildman–Crippen LogP) is 12.2. The maximum absolute atomic E-state index is 5.40. The highest BCUT2D eigenvalue weighted by Gasteiger charge is 2.17. The zero-order valence-corrected chi connectivity index (χ0v) is 28.1. The Morgan fingerprint density at radius 2 is 0.923 bits per heavy atom. The molecule has 4 heteroatoms. The van der Waals surface area contributed by atoms with Gasteiger partial charge >= 0.3 is 0 Å². The Kier molecular flexibility index (Phi) is 7.10. The fourth-order valence-corrected chi connectivity index (χ4v) is 7.52. The van der Waals surface area contributed by atoms with Gasteiger partial charge in [-0.05, 0) is 82.1 Å². The van der Waals surface area contributed by atoms with Gasteiger partial charge in [-0.1, -0.05) is 115 Å². The summed E-state index contributed by atoms with van der Waals surface area (Å²) in [6.45, 7) is 0. The van der Waals surface area contributed by atoms with Crippen molar-refractivity contribution in [3.63, 3.8) is 0 Å². The minimum Gasteiger partial charge on any atom is -0.256 e. The Morgan fingerprint density at radius 1 is 0.327 bits per heavy atom. The Hall–Kier alpha value is -7.04. The van der Waals surface area contributed by atoms with E-state index >= 15 is 0 Å². The molecule has 0 unspecified atom stereocenters. The standard InChI is InChI=1S/C48H30N4/c1-2-12-31(13-3-1)46-40-16-6-7-19-44(40)52-48-41(46)22-20-32-21-25-45(51-47(32)48)39-24-23-36(37-14-4-5-15-38(37)39)33-28-34(42-17-8-10-26-49-42)30-35(29-33)43-18-9-11-27-50-43/h1-30H. The van der Waals surface area contributed by atoms with Crippen LogP contribution in [0.4, 0.5) is 0 Å². The van der Waals surface area contributed by atoms with Crippen molar-refractivity contribution in [2.24, 2.45) is 0 Å². The summed E-state index contributed by atoms with van der Waals surface area (Å²) in [6.07, 6.45) is 3.68. The van der Waals surface area contributed by atoms with Gasteiger partial charge < -0.3 is 0 Å². The van der Waals surface area contributed by atoms with Gasteiger partial charge in [-0.3, -0.25) is 9.97 Å². The van der Waals surface area contributed by atoms with Gasteiger partial charge in [0.1, 0.15) is 0 Å². The van der Waals surface area contributed by atoms with Crippen molar-refractivity contribution in [2.45, 2.75) is 0 Å². The van der Waals surface area contributed by atoms with E-state index in [4.69, 9.17) is 9.97 Å². The van der Waals surface area contributed by atoms with Gasteiger partial charge in [0.25, 0.3) is 0 Å². The minimum atomic E-state index is 0.897. The smallest absolute Gasteiger partial charge is 0.0978 e. The van der Waals surface area contributed by atoms with E-state index in [-0.39, 0.29) is 0 Å². The molecule has 4 aromatic heterocycles. The zero-order valence-electron chi connectivity index (χ0n) is 28.1. The highest BCUT2D eigenvalue weighted by Crippen LogP contribution is 2.41. The van der Waals surface area contributed by atoms with Crippen LogP contribution in [0.2, 0.25) is 0 Å². The number of para-hydroxylation sites is 1. The van der Waals surface area contributed by atoms with Gasteiger partial charge in [0.15, 0.2) is 0 Å². The Morgan fingerprint density at radius 3 is 1.63 bits per heavy atom. The van der Waals surface area contributed by atoms with Crippen molar-refractivity contribution in [1.29, 1.82) is 0 Å². The summed E-state index contributed by atoms with van der Waals surface area (Å²) in [5.74, 6) is 0. The first kappa shape index (κ1) is 29.8. The Labute approximate surface area is 300 Å². The van der Waals surface area contributed by atoms with Gasteiger partial charge in [0.05, 0.1) is 33.6 Å². The van der Waals surface area contributed by atoms with Crippen LogP contribution < -0.4 is 0 Å². The molecule has 4 nitrogen and oxygen atoms in total. The summed E-state index contributed by atoms with van der Waals surface area (Å²) in [6, 6.07) is 59.4. The first-order valence-corrected chi connectivity index (χ1v) is 17.5. The van der Waals surface area contributed by atoms with Crippen molar-refractivity contribution in [2.75, 3.05) is 0 Å². The number of hydrogen-bond acceptors (Lipinski definition) is 4. The van der Waals surface area contributed by atoms with Crippen LogP contribution in [0.3, 0.4) is 0 Å². The van der Waals surface area contributed by atoms with Crippen molar-refractivity contribution in [3.05, 3.63) is 182 Å². The van der Waals surface area contributed by atoms with Gasteiger partial charge in [0.2, 0.25) is 0 Å². The number of hydrogen-bond donors (Lipinski definition) is 0. The Bertz CT molecular complexity index is 2880. The molecule has 0 spiro atoms. The summed E-state index contributed by atoms with van der Waals surface area (Å²) in [7, 11) is 0. The van der Waals surface area contributed by atoms with E-state index in [1.165, 1.54) is 11.1 Å². The average Bonchev–Trinajstić information content (AvgIpc) is 3.23. The largest absolute Gasteiger partial charge is 0.256 e. The first-order valence-electron chi connectivity index (χ1n) is 17.5. The molecule has 52 heavy (non-hydrogen) atoms. The molecule has 0 bridgehead atoms. The lowest BCUT2D eigenvalue weighted by Crippen LogP contribution is -1.94. The van der Waals surface area contributed by atoms with Crippen molar-refractivity contribution in [3.8, 4) is 56.0 Å². The molecule has 10 rings (SSSR count). The fourth-order valence-electron chi connectivity index (χ4n) is 7.52. The third-order valence-electron chi connectivity index (χ3n) is 9.94. The number of benzene rings is 6. The summed E-state index contributed by atoms with van der Waals surface area (Å²) >= 11 is 0. The quantitative estimate of drug-likeness (QED) is 0.136. The van der Waals surface area contributed by atoms with Crippen LogP contribution in [0, 0.1) is 0 Å². The summed E-state index contributed by atoms with van der Waals surface area (Å²) in [5.41, 5.74) is 13.3. The molecule has 0 saturated carbocycles. The van der Waals surface area contributed by atoms with Crippen LogP contribution >= 0.6 is 0 Å². The molecule has 0 radical (unpaired) electrons. The minimum absolute atomic E-state index is 0.897. The second-order valence-corrected chi connectivity index (χ2v) is 13.0. The molecule has 6 aromatic carbocycles. The summed E-state index contributed by atoms with van der Waals surface area (Å²) < 4.78 is 0. The molecule has 242 valence electrons. The fraction of sp³-hybridized carbons (Fsp3) is 0. The van der Waals surface area contributed by atoms with Crippen molar-refractivity contribution >= 4 is 43.5 Å². The highest BCUT2D eigenvalue weighted by atomic mass is 14.8. The first-order chi connectivity index (χ1) is 25.8. The molecular weight excluding hydrogens is 633 g/mol. The van der Waals surface area contributed by atoms with E-state index in [1.807, 2.05) is 36.7 Å². The number of pyridine rings is 4. The molecular formula is C48H30N4. The van der Waals surface area contributed by atoms with E-state index in [1.54, 1.807) is 0 Å². The summed E-state index contributed by atoms with van der Waals surface area (Å²) in [5, 5.41) is 5.58. The monoisotopic (exact) mass is 662 g/mol. The highest BCUT2D eigenvalue weighted by molar-refractivity contribution is 6.16. The molecule has 0 fully saturated rings. The van der Waals surface area contributed by atoms with Crippen molar-refractivity contribution in [1.82, 2.24) is 19.9 Å². The number of rotatable bonds is 5. The average molecular weight is 663 g/mol. The lowest BCUT2D eigenvalue weighted by molar-refractivity contribution is 1.31. The molecule has 0 amide bonds. The van der Waals surface area contributed by atoms with Crippen LogP contribution in [0.1, 0.15) is 0 Å². The van der Waals surface area contributed by atoms with E-state index in [0.29, 0.717) is 0 Å². The maximum Gasteiger partial charge on any atom is 0.0978 e. The molecule has 0 saturated heterocycles. The topological polar surface area (TPSA) is 51.6 Å². The second kappa shape index (κ2) is 12.4. The lowest BCUT2D eigenvalue weighted by atomic mass is 9.91. The summed E-state index contributed by atoms with van der Waals surface area (Å²) in [4.78, 5) is 20.0. The Balaban J connectivity index is 1.17. The van der Waals surface area contributed by atoms with Gasteiger partial charge in [-0.25, -0.2) is 9.97 Å². The van der Waals surface area contributed by atoms with Gasteiger partial charge in [-0.15, -0.1) is 0 Å². The normalized spacial score (nSPS) is 11.5. The maximum atomic E-state index is 5.40. The molecule has 0 N–H and O–H groups in total.